The van der Waals surface area contributed by atoms with Crippen LogP contribution in [0.2, 0.25) is 0 Å². The normalized spacial score (nSPS) is 16.2. The van der Waals surface area contributed by atoms with Crippen LogP contribution >= 0.6 is 11.8 Å². The van der Waals surface area contributed by atoms with Crippen LogP contribution in [0.3, 0.4) is 0 Å². The SMILES string of the molecule is [2H]C([2H])([2H])C(=O)NC(CSCC=C)C(=O)O. The van der Waals surface area contributed by atoms with Crippen LogP contribution in [0.4, 0.5) is 0 Å². The minimum atomic E-state index is -2.82. The zero-order valence-corrected chi connectivity index (χ0v) is 7.76. The molecule has 4 nitrogen and oxygen atoms in total. The second kappa shape index (κ2) is 6.54. The highest BCUT2D eigenvalue weighted by atomic mass is 32.2. The van der Waals surface area contributed by atoms with E-state index in [-0.39, 0.29) is 5.75 Å². The molecule has 74 valence electrons. The Balaban J connectivity index is 4.29. The van der Waals surface area contributed by atoms with Gasteiger partial charge in [0.15, 0.2) is 0 Å². The first kappa shape index (κ1) is 7.44. The maximum Gasteiger partial charge on any atom is 0.327 e. The summed E-state index contributed by atoms with van der Waals surface area (Å²) in [6.07, 6.45) is 1.59. The monoisotopic (exact) mass is 206 g/mol. The molecule has 0 aliphatic heterocycles. The first-order valence-corrected chi connectivity index (χ1v) is 4.67. The summed E-state index contributed by atoms with van der Waals surface area (Å²) in [5, 5.41) is 10.7. The molecule has 5 heteroatoms. The minimum Gasteiger partial charge on any atom is -0.480 e. The molecule has 0 rings (SSSR count). The number of hydrogen-bond acceptors (Lipinski definition) is 3. The molecule has 0 radical (unpaired) electrons. The Morgan fingerprint density at radius 2 is 2.54 bits per heavy atom. The van der Waals surface area contributed by atoms with Crippen LogP contribution in [-0.2, 0) is 9.59 Å². The number of hydrogen-bond donors (Lipinski definition) is 2. The van der Waals surface area contributed by atoms with E-state index in [1.807, 2.05) is 5.32 Å². The molecule has 0 aromatic rings. The zero-order chi connectivity index (χ0) is 12.8. The molecule has 0 aromatic heterocycles. The van der Waals surface area contributed by atoms with Gasteiger partial charge in [0.25, 0.3) is 0 Å². The fourth-order valence-corrected chi connectivity index (χ4v) is 1.37. The first-order valence-electron chi connectivity index (χ1n) is 5.01. The zero-order valence-electron chi connectivity index (χ0n) is 9.95. The molecule has 0 saturated heterocycles. The number of carbonyl (C=O) groups excluding carboxylic acids is 1. The van der Waals surface area contributed by atoms with Crippen LogP contribution < -0.4 is 5.32 Å². The average molecular weight is 206 g/mol. The number of thioether (sulfide) groups is 1. The van der Waals surface area contributed by atoms with Crippen LogP contribution in [0, 0.1) is 0 Å². The lowest BCUT2D eigenvalue weighted by molar-refractivity contribution is -0.140. The van der Waals surface area contributed by atoms with Gasteiger partial charge in [-0.15, -0.1) is 6.58 Å². The molecular formula is C8H13NO3S. The largest absolute Gasteiger partial charge is 0.480 e. The van der Waals surface area contributed by atoms with Crippen LogP contribution in [0.15, 0.2) is 12.7 Å². The Morgan fingerprint density at radius 1 is 1.85 bits per heavy atom. The average Bonchev–Trinajstić information content (AvgIpc) is 2.14. The maximum absolute atomic E-state index is 11.0. The first-order chi connectivity index (χ1) is 7.29. The van der Waals surface area contributed by atoms with Gasteiger partial charge in [-0.05, 0) is 0 Å². The highest BCUT2D eigenvalue weighted by molar-refractivity contribution is 7.99. The third kappa shape index (κ3) is 6.21. The molecule has 0 heterocycles. The second-order valence-corrected chi connectivity index (χ2v) is 3.27. The fraction of sp³-hybridized carbons (Fsp3) is 0.500. The number of carboxylic acid groups (broad SMARTS) is 1. The van der Waals surface area contributed by atoms with Crippen molar-refractivity contribution in [1.82, 2.24) is 5.32 Å². The van der Waals surface area contributed by atoms with E-state index in [4.69, 9.17) is 9.22 Å². The molecule has 0 bridgehead atoms. The summed E-state index contributed by atoms with van der Waals surface area (Å²) in [7, 11) is 0. The van der Waals surface area contributed by atoms with E-state index in [0.717, 1.165) is 0 Å². The lowest BCUT2D eigenvalue weighted by Crippen LogP contribution is -2.41. The Labute approximate surface area is 85.6 Å². The van der Waals surface area contributed by atoms with Crippen molar-refractivity contribution < 1.29 is 18.8 Å². The van der Waals surface area contributed by atoms with Crippen molar-refractivity contribution in [3.05, 3.63) is 12.7 Å². The van der Waals surface area contributed by atoms with Gasteiger partial charge in [-0.2, -0.15) is 11.8 Å². The van der Waals surface area contributed by atoms with Gasteiger partial charge in [-0.3, -0.25) is 4.79 Å². The van der Waals surface area contributed by atoms with E-state index >= 15 is 0 Å². The Bertz CT molecular complexity index is 280. The molecule has 1 atom stereocenters. The van der Waals surface area contributed by atoms with Crippen molar-refractivity contribution in [3.63, 3.8) is 0 Å². The van der Waals surface area contributed by atoms with Crippen LogP contribution in [0.1, 0.15) is 11.0 Å². The van der Waals surface area contributed by atoms with Gasteiger partial charge in [-0.1, -0.05) is 6.08 Å². The van der Waals surface area contributed by atoms with E-state index in [2.05, 4.69) is 6.58 Å². The number of carbonyl (C=O) groups is 2. The van der Waals surface area contributed by atoms with Gasteiger partial charge < -0.3 is 10.4 Å². The van der Waals surface area contributed by atoms with Crippen LogP contribution in [0.25, 0.3) is 0 Å². The van der Waals surface area contributed by atoms with Crippen molar-refractivity contribution in [3.8, 4) is 0 Å². The topological polar surface area (TPSA) is 66.4 Å². The van der Waals surface area contributed by atoms with E-state index < -0.39 is 24.8 Å². The smallest absolute Gasteiger partial charge is 0.327 e. The van der Waals surface area contributed by atoms with Crippen molar-refractivity contribution in [1.29, 1.82) is 0 Å². The minimum absolute atomic E-state index is 0.100. The standard InChI is InChI=1S/C8H13NO3S/c1-3-4-13-5-7(8(11)12)9-6(2)10/h3,7H,1,4-5H2,2H3,(H,9,10)(H,11,12)/i2D3. The van der Waals surface area contributed by atoms with Crippen molar-refractivity contribution in [2.24, 2.45) is 0 Å². The van der Waals surface area contributed by atoms with E-state index in [1.54, 1.807) is 6.08 Å². The maximum atomic E-state index is 11.0. The van der Waals surface area contributed by atoms with Crippen molar-refractivity contribution in [2.45, 2.75) is 12.9 Å². The summed E-state index contributed by atoms with van der Waals surface area (Å²) in [6.45, 7) is 0.634. The lowest BCUT2D eigenvalue weighted by atomic mass is 10.3. The summed E-state index contributed by atoms with van der Waals surface area (Å²) in [5.74, 6) is -1.87. The number of rotatable bonds is 6. The molecule has 1 amide bonds. The van der Waals surface area contributed by atoms with Gasteiger partial charge in [0.1, 0.15) is 6.04 Å². The summed E-state index contributed by atoms with van der Waals surface area (Å²) >= 11 is 1.25. The van der Waals surface area contributed by atoms with Crippen LogP contribution in [-0.4, -0.2) is 34.5 Å². The highest BCUT2D eigenvalue weighted by Crippen LogP contribution is 2.03. The predicted molar refractivity (Wildman–Crippen MR) is 52.8 cm³/mol. The van der Waals surface area contributed by atoms with Gasteiger partial charge in [0.2, 0.25) is 5.91 Å². The number of carboxylic acids is 1. The summed E-state index contributed by atoms with van der Waals surface area (Å²) in [6, 6.07) is -1.20. The molecule has 0 aliphatic rings. The third-order valence-electron chi connectivity index (χ3n) is 1.12. The van der Waals surface area contributed by atoms with Crippen molar-refractivity contribution >= 4 is 23.6 Å². The Hall–Kier alpha value is -0.970. The van der Waals surface area contributed by atoms with E-state index in [1.165, 1.54) is 11.8 Å². The molecule has 0 saturated carbocycles. The van der Waals surface area contributed by atoms with Gasteiger partial charge in [-0.25, -0.2) is 4.79 Å². The highest BCUT2D eigenvalue weighted by Gasteiger charge is 2.17. The second-order valence-electron chi connectivity index (χ2n) is 2.19. The number of nitrogens with one attached hydrogen (secondary N) is 1. The summed E-state index contributed by atoms with van der Waals surface area (Å²) in [4.78, 5) is 21.8. The molecular weight excluding hydrogens is 190 g/mol. The number of aliphatic carboxylic acids is 1. The molecule has 13 heavy (non-hydrogen) atoms. The quantitative estimate of drug-likeness (QED) is 0.490. The summed E-state index contributed by atoms with van der Waals surface area (Å²) < 4.78 is 20.4. The van der Waals surface area contributed by atoms with E-state index in [0.29, 0.717) is 5.75 Å². The Kier molecular flexibility index (Phi) is 3.74. The van der Waals surface area contributed by atoms with Gasteiger partial charge in [0.05, 0.1) is 0 Å². The van der Waals surface area contributed by atoms with Crippen molar-refractivity contribution in [2.75, 3.05) is 11.5 Å². The third-order valence-corrected chi connectivity index (χ3v) is 2.16. The number of amides is 1. The molecule has 1 unspecified atom stereocenters. The van der Waals surface area contributed by atoms with Gasteiger partial charge >= 0.3 is 5.97 Å². The molecule has 0 aliphatic carbocycles. The Morgan fingerprint density at radius 3 is 3.00 bits per heavy atom. The van der Waals surface area contributed by atoms with Crippen LogP contribution in [0.5, 0.6) is 0 Å². The molecule has 2 N–H and O–H groups in total. The lowest BCUT2D eigenvalue weighted by Gasteiger charge is -2.11. The molecule has 0 aromatic carbocycles. The van der Waals surface area contributed by atoms with Gasteiger partial charge in [0, 0.05) is 22.5 Å². The molecule has 0 spiro atoms. The predicted octanol–water partition coefficient (Wildman–Crippen LogP) is 0.495. The van der Waals surface area contributed by atoms with E-state index in [9.17, 15) is 9.59 Å². The fourth-order valence-electron chi connectivity index (χ4n) is 0.602. The summed E-state index contributed by atoms with van der Waals surface area (Å²) in [5.41, 5.74) is 0. The molecule has 0 fully saturated rings.